The van der Waals surface area contributed by atoms with Gasteiger partial charge in [0.1, 0.15) is 22.1 Å². The molecule has 0 spiro atoms. The normalized spacial score (nSPS) is 19.9. The lowest BCUT2D eigenvalue weighted by atomic mass is 9.99. The number of amides is 2. The van der Waals surface area contributed by atoms with Crippen LogP contribution in [0, 0.1) is 0 Å². The van der Waals surface area contributed by atoms with E-state index in [1.54, 1.807) is 30.3 Å². The Hall–Kier alpha value is -3.67. The number of carboxylic acids is 2. The number of hydrogen-bond acceptors (Lipinski definition) is 10. The van der Waals surface area contributed by atoms with Crippen LogP contribution >= 0.6 is 39.5 Å². The van der Waals surface area contributed by atoms with Crippen LogP contribution in [0.15, 0.2) is 62.0 Å². The average molecular weight is 666 g/mol. The summed E-state index contributed by atoms with van der Waals surface area (Å²) in [7, 11) is 0. The topological polar surface area (TPSA) is 207 Å². The molecule has 4 atom stereocenters. The first-order chi connectivity index (χ1) is 19.6. The second-order valence-corrected chi connectivity index (χ2v) is 12.2. The molecule has 5 N–H and O–H groups in total. The molecule has 1 fully saturated rings. The van der Waals surface area contributed by atoms with Crippen LogP contribution in [0.4, 0.5) is 0 Å². The van der Waals surface area contributed by atoms with Crippen molar-refractivity contribution >= 4 is 68.9 Å². The maximum Gasteiger partial charge on any atom is 0.364 e. The van der Waals surface area contributed by atoms with Crippen molar-refractivity contribution in [3.05, 3.63) is 68.2 Å². The predicted octanol–water partition coefficient (Wildman–Crippen LogP) is 0.978. The first-order valence-corrected chi connectivity index (χ1v) is 14.8. The largest absolute Gasteiger partial charge is 0.481 e. The second-order valence-electron chi connectivity index (χ2n) is 9.01. The van der Waals surface area contributed by atoms with Gasteiger partial charge >= 0.3 is 17.6 Å². The van der Waals surface area contributed by atoms with Crippen LogP contribution in [-0.2, 0) is 19.2 Å². The minimum atomic E-state index is -1.56. The molecule has 0 saturated carbocycles. The van der Waals surface area contributed by atoms with Gasteiger partial charge in [0.25, 0.3) is 11.8 Å². The van der Waals surface area contributed by atoms with Gasteiger partial charge in [0.15, 0.2) is 11.8 Å². The summed E-state index contributed by atoms with van der Waals surface area (Å²) >= 11 is 5.56. The van der Waals surface area contributed by atoms with Crippen molar-refractivity contribution in [1.82, 2.24) is 30.0 Å². The molecule has 17 heteroatoms. The Bertz CT molecular complexity index is 1660. The molecule has 0 radical (unpaired) electrons. The number of fused-ring (bicyclic) bond motifs is 2. The zero-order valence-corrected chi connectivity index (χ0v) is 24.0. The standard InChI is InChI=1S/C24H21BrN6O8S2/c25-12-4-2-1-3-10(12)19(34)20(35)26-17-21(36)30-18(23(37)38)11(9-40-22(17)30)13(5-8-16(32)33)41-15-7-6-14-27-28-24(39)31(14)29-15/h1-4,6-7,13,17,19,22,34H,5,8-9H2,(H,26,35)(H,28,39)(H,32,33)(H,37,38)/t13?,17?,19?,22-/m0/s1. The Morgan fingerprint density at radius 3 is 2.66 bits per heavy atom. The SMILES string of the molecule is O=C(O)CCC(Sc1ccc2n[nH]c(=O)n2n1)C1=C(C(=O)O)N2C(=O)C(NC(=O)C(O)c3ccccc3Br)[C@@H]2SC1. The number of nitrogens with one attached hydrogen (secondary N) is 2. The van der Waals surface area contributed by atoms with Gasteiger partial charge in [0.05, 0.1) is 0 Å². The Labute approximate surface area is 247 Å². The van der Waals surface area contributed by atoms with Crippen LogP contribution in [0.5, 0.6) is 0 Å². The highest BCUT2D eigenvalue weighted by atomic mass is 79.9. The van der Waals surface area contributed by atoms with E-state index in [4.69, 9.17) is 0 Å². The molecule has 3 unspecified atom stereocenters. The number of nitrogens with zero attached hydrogens (tertiary/aromatic N) is 4. The highest BCUT2D eigenvalue weighted by molar-refractivity contribution is 9.10. The van der Waals surface area contributed by atoms with Gasteiger partial charge in [-0.15, -0.1) is 11.8 Å². The van der Waals surface area contributed by atoms with Crippen molar-refractivity contribution in [2.24, 2.45) is 0 Å². The lowest BCUT2D eigenvalue weighted by molar-refractivity contribution is -0.151. The number of β-lactam (4-membered cyclic amide) rings is 1. The number of benzene rings is 1. The van der Waals surface area contributed by atoms with E-state index < -0.39 is 52.2 Å². The zero-order chi connectivity index (χ0) is 29.4. The first-order valence-electron chi connectivity index (χ1n) is 12.0. The van der Waals surface area contributed by atoms with Gasteiger partial charge in [-0.05, 0) is 30.2 Å². The molecular formula is C24H21BrN6O8S2. The lowest BCUT2D eigenvalue weighted by Crippen LogP contribution is -2.71. The molecule has 41 heavy (non-hydrogen) atoms. The summed E-state index contributed by atoms with van der Waals surface area (Å²) in [6, 6.07) is 8.62. The molecule has 4 heterocycles. The van der Waals surface area contributed by atoms with E-state index >= 15 is 0 Å². The van der Waals surface area contributed by atoms with E-state index in [1.807, 2.05) is 0 Å². The number of carbonyl (C=O) groups excluding carboxylic acids is 2. The van der Waals surface area contributed by atoms with Crippen molar-refractivity contribution in [2.75, 3.05) is 5.75 Å². The third-order valence-electron chi connectivity index (χ3n) is 6.47. The van der Waals surface area contributed by atoms with Crippen molar-refractivity contribution in [3.63, 3.8) is 0 Å². The van der Waals surface area contributed by atoms with Crippen molar-refractivity contribution in [3.8, 4) is 0 Å². The fraction of sp³-hybridized carbons (Fsp3) is 0.292. The number of aromatic amines is 1. The number of aromatic nitrogens is 4. The van der Waals surface area contributed by atoms with E-state index in [9.17, 15) is 39.3 Å². The van der Waals surface area contributed by atoms with Crippen LogP contribution in [0.3, 0.4) is 0 Å². The van der Waals surface area contributed by atoms with Crippen molar-refractivity contribution < 1.29 is 34.5 Å². The molecule has 2 aliphatic heterocycles. The number of thioether (sulfide) groups is 2. The molecule has 2 aliphatic rings. The number of rotatable bonds is 10. The molecular weight excluding hydrogens is 644 g/mol. The molecule has 214 valence electrons. The summed E-state index contributed by atoms with van der Waals surface area (Å²) in [5.74, 6) is -3.83. The summed E-state index contributed by atoms with van der Waals surface area (Å²) in [6.45, 7) is 0. The molecule has 3 aromatic rings. The maximum atomic E-state index is 13.2. The summed E-state index contributed by atoms with van der Waals surface area (Å²) in [6.07, 6.45) is -1.82. The zero-order valence-electron chi connectivity index (χ0n) is 20.8. The third-order valence-corrected chi connectivity index (χ3v) is 9.76. The third kappa shape index (κ3) is 5.61. The molecule has 14 nitrogen and oxygen atoms in total. The highest BCUT2D eigenvalue weighted by Gasteiger charge is 2.55. The quantitative estimate of drug-likeness (QED) is 0.152. The summed E-state index contributed by atoms with van der Waals surface area (Å²) in [5, 5.41) is 41.7. The Balaban J connectivity index is 1.40. The summed E-state index contributed by atoms with van der Waals surface area (Å²) in [4.78, 5) is 62.8. The van der Waals surface area contributed by atoms with Gasteiger partial charge in [-0.1, -0.05) is 45.9 Å². The van der Waals surface area contributed by atoms with Gasteiger partial charge in [-0.3, -0.25) is 19.3 Å². The van der Waals surface area contributed by atoms with Gasteiger partial charge in [-0.25, -0.2) is 14.7 Å². The van der Waals surface area contributed by atoms with Crippen LogP contribution in [0.1, 0.15) is 24.5 Å². The molecule has 0 aliphatic carbocycles. The van der Waals surface area contributed by atoms with Crippen LogP contribution in [0.25, 0.3) is 5.65 Å². The summed E-state index contributed by atoms with van der Waals surface area (Å²) < 4.78 is 1.54. The summed E-state index contributed by atoms with van der Waals surface area (Å²) in [5.41, 5.74) is 0.0287. The Kier molecular flexibility index (Phi) is 8.21. The van der Waals surface area contributed by atoms with E-state index in [-0.39, 0.29) is 29.9 Å². The van der Waals surface area contributed by atoms with E-state index in [0.717, 1.165) is 21.2 Å². The van der Waals surface area contributed by atoms with E-state index in [1.165, 1.54) is 17.8 Å². The van der Waals surface area contributed by atoms with E-state index in [0.29, 0.717) is 20.6 Å². The molecule has 1 saturated heterocycles. The van der Waals surface area contributed by atoms with Gasteiger partial charge in [-0.2, -0.15) is 14.7 Å². The number of carbonyl (C=O) groups is 4. The average Bonchev–Trinajstić information content (AvgIpc) is 3.32. The molecule has 2 aromatic heterocycles. The number of halogens is 1. The van der Waals surface area contributed by atoms with Crippen LogP contribution in [0.2, 0.25) is 0 Å². The minimum absolute atomic E-state index is 0.0255. The van der Waals surface area contributed by atoms with Crippen LogP contribution in [-0.4, -0.2) is 86.2 Å². The van der Waals surface area contributed by atoms with Gasteiger partial charge in [0.2, 0.25) is 0 Å². The predicted molar refractivity (Wildman–Crippen MR) is 149 cm³/mol. The number of H-pyrrole nitrogens is 1. The number of hydrogen-bond donors (Lipinski definition) is 5. The molecule has 2 amide bonds. The van der Waals surface area contributed by atoms with E-state index in [2.05, 4.69) is 36.5 Å². The van der Waals surface area contributed by atoms with Crippen LogP contribution < -0.4 is 11.0 Å². The van der Waals surface area contributed by atoms with Crippen molar-refractivity contribution in [2.45, 2.75) is 40.6 Å². The lowest BCUT2D eigenvalue weighted by Gasteiger charge is -2.50. The first kappa shape index (κ1) is 28.8. The smallest absolute Gasteiger partial charge is 0.364 e. The number of aliphatic hydroxyl groups excluding tert-OH is 1. The molecule has 0 bridgehead atoms. The number of aliphatic carboxylic acids is 2. The maximum absolute atomic E-state index is 13.2. The van der Waals surface area contributed by atoms with Gasteiger partial charge in [0, 0.05) is 27.5 Å². The fourth-order valence-electron chi connectivity index (χ4n) is 4.51. The monoisotopic (exact) mass is 664 g/mol. The minimum Gasteiger partial charge on any atom is -0.481 e. The molecule has 1 aromatic carbocycles. The highest BCUT2D eigenvalue weighted by Crippen LogP contribution is 2.45. The number of aliphatic hydroxyl groups is 1. The Morgan fingerprint density at radius 2 is 1.95 bits per heavy atom. The number of carboxylic acid groups (broad SMARTS) is 2. The Morgan fingerprint density at radius 1 is 1.20 bits per heavy atom. The molecule has 5 rings (SSSR count). The fourth-order valence-corrected chi connectivity index (χ4v) is 7.68. The second kappa shape index (κ2) is 11.7. The van der Waals surface area contributed by atoms with Gasteiger partial charge < -0.3 is 20.6 Å². The van der Waals surface area contributed by atoms with Crippen molar-refractivity contribution in [1.29, 1.82) is 0 Å².